The van der Waals surface area contributed by atoms with Crippen LogP contribution in [-0.2, 0) is 14.3 Å². The van der Waals surface area contributed by atoms with E-state index in [1.165, 1.54) is 12.8 Å². The van der Waals surface area contributed by atoms with E-state index in [1.54, 1.807) is 31.2 Å². The van der Waals surface area contributed by atoms with E-state index in [2.05, 4.69) is 10.6 Å². The molecule has 1 saturated carbocycles. The molecule has 0 bridgehead atoms. The summed E-state index contributed by atoms with van der Waals surface area (Å²) in [5, 5.41) is 6.02. The minimum atomic E-state index is -0.907. The van der Waals surface area contributed by atoms with Gasteiger partial charge in [0.1, 0.15) is 0 Å². The Kier molecular flexibility index (Phi) is 8.57. The Morgan fingerprint density at radius 2 is 1.75 bits per heavy atom. The molecule has 1 aliphatic carbocycles. The van der Waals surface area contributed by atoms with Crippen LogP contribution in [-0.4, -0.2) is 30.1 Å². The fourth-order valence-corrected chi connectivity index (χ4v) is 3.45. The van der Waals surface area contributed by atoms with Crippen molar-refractivity contribution < 1.29 is 19.1 Å². The summed E-state index contributed by atoms with van der Waals surface area (Å²) in [6.45, 7) is 1.54. The van der Waals surface area contributed by atoms with E-state index < -0.39 is 24.1 Å². The number of esters is 1. The van der Waals surface area contributed by atoms with Crippen LogP contribution in [0, 0.1) is 0 Å². The number of amides is 3. The van der Waals surface area contributed by atoms with Crippen molar-refractivity contribution in [2.24, 2.45) is 5.73 Å². The maximum absolute atomic E-state index is 12.3. The molecular formula is C20H28ClN3O4. The maximum atomic E-state index is 12.3. The Balaban J connectivity index is 1.90. The lowest BCUT2D eigenvalue weighted by Gasteiger charge is -2.21. The SMILES string of the molecule is C[C@@H](OC(=O)C[C@H](NC(N)=O)c1ccc(Cl)cc1)C(=O)NC1CCCCCC1. The van der Waals surface area contributed by atoms with Crippen molar-refractivity contribution in [2.45, 2.75) is 70.1 Å². The summed E-state index contributed by atoms with van der Waals surface area (Å²) in [6, 6.07) is 5.40. The fourth-order valence-electron chi connectivity index (χ4n) is 3.33. The number of nitrogens with two attached hydrogens (primary N) is 1. The summed E-state index contributed by atoms with van der Waals surface area (Å²) in [4.78, 5) is 35.9. The summed E-state index contributed by atoms with van der Waals surface area (Å²) in [6.07, 6.45) is 5.43. The number of hydrogen-bond acceptors (Lipinski definition) is 4. The van der Waals surface area contributed by atoms with Gasteiger partial charge in [-0.2, -0.15) is 0 Å². The monoisotopic (exact) mass is 409 g/mol. The van der Waals surface area contributed by atoms with Gasteiger partial charge in [0, 0.05) is 11.1 Å². The maximum Gasteiger partial charge on any atom is 0.312 e. The second kappa shape index (κ2) is 10.9. The first-order chi connectivity index (χ1) is 13.3. The number of halogens is 1. The molecule has 0 spiro atoms. The lowest BCUT2D eigenvalue weighted by atomic mass is 10.0. The highest BCUT2D eigenvalue weighted by Gasteiger charge is 2.24. The number of urea groups is 1. The van der Waals surface area contributed by atoms with Crippen molar-refractivity contribution in [1.29, 1.82) is 0 Å². The molecular weight excluding hydrogens is 382 g/mol. The molecule has 28 heavy (non-hydrogen) atoms. The van der Waals surface area contributed by atoms with Gasteiger partial charge in [-0.3, -0.25) is 9.59 Å². The van der Waals surface area contributed by atoms with E-state index in [4.69, 9.17) is 22.1 Å². The van der Waals surface area contributed by atoms with Gasteiger partial charge < -0.3 is 21.1 Å². The summed E-state index contributed by atoms with van der Waals surface area (Å²) in [5.41, 5.74) is 5.87. The number of rotatable bonds is 7. The molecule has 4 N–H and O–H groups in total. The van der Waals surface area contributed by atoms with E-state index in [1.807, 2.05) is 0 Å². The van der Waals surface area contributed by atoms with Gasteiger partial charge in [0.15, 0.2) is 6.10 Å². The van der Waals surface area contributed by atoms with Crippen LogP contribution < -0.4 is 16.4 Å². The second-order valence-electron chi connectivity index (χ2n) is 7.15. The van der Waals surface area contributed by atoms with Crippen LogP contribution >= 0.6 is 11.6 Å². The molecule has 1 fully saturated rings. The highest BCUT2D eigenvalue weighted by Crippen LogP contribution is 2.21. The van der Waals surface area contributed by atoms with Crippen LogP contribution in [0.1, 0.15) is 63.5 Å². The number of primary amides is 1. The molecule has 2 rings (SSSR count). The van der Waals surface area contributed by atoms with Crippen molar-refractivity contribution >= 4 is 29.5 Å². The van der Waals surface area contributed by atoms with E-state index in [9.17, 15) is 14.4 Å². The van der Waals surface area contributed by atoms with Crippen LogP contribution in [0.5, 0.6) is 0 Å². The van der Waals surface area contributed by atoms with Gasteiger partial charge in [-0.05, 0) is 37.5 Å². The van der Waals surface area contributed by atoms with Crippen molar-refractivity contribution in [1.82, 2.24) is 10.6 Å². The number of carbonyl (C=O) groups excluding carboxylic acids is 3. The summed E-state index contributed by atoms with van der Waals surface area (Å²) in [5.74, 6) is -0.900. The Labute approximate surface area is 170 Å². The number of benzene rings is 1. The van der Waals surface area contributed by atoms with Crippen LogP contribution in [0.25, 0.3) is 0 Å². The van der Waals surface area contributed by atoms with E-state index in [0.717, 1.165) is 25.7 Å². The molecule has 3 amide bonds. The largest absolute Gasteiger partial charge is 0.452 e. The van der Waals surface area contributed by atoms with Crippen molar-refractivity contribution in [3.8, 4) is 0 Å². The van der Waals surface area contributed by atoms with E-state index in [0.29, 0.717) is 10.6 Å². The second-order valence-corrected chi connectivity index (χ2v) is 7.58. The first-order valence-electron chi connectivity index (χ1n) is 9.66. The summed E-state index contributed by atoms with van der Waals surface area (Å²) >= 11 is 5.87. The lowest BCUT2D eigenvalue weighted by Crippen LogP contribution is -2.42. The molecule has 1 aromatic rings. The minimum Gasteiger partial charge on any atom is -0.452 e. The molecule has 1 aliphatic rings. The van der Waals surface area contributed by atoms with Gasteiger partial charge in [0.05, 0.1) is 12.5 Å². The molecule has 0 aromatic heterocycles. The standard InChI is InChI=1S/C20H28ClN3O4/c1-13(19(26)23-16-6-4-2-3-5-7-16)28-18(25)12-17(24-20(22)27)14-8-10-15(21)11-9-14/h8-11,13,16-17H,2-7,12H2,1H3,(H,23,26)(H3,22,24,27)/t13-,17+/m1/s1. The van der Waals surface area contributed by atoms with Crippen LogP contribution in [0.3, 0.4) is 0 Å². The van der Waals surface area contributed by atoms with Crippen LogP contribution in [0.15, 0.2) is 24.3 Å². The first kappa shape index (κ1) is 22.0. The van der Waals surface area contributed by atoms with Gasteiger partial charge in [-0.25, -0.2) is 4.79 Å². The van der Waals surface area contributed by atoms with Crippen molar-refractivity contribution in [2.75, 3.05) is 0 Å². The lowest BCUT2D eigenvalue weighted by molar-refractivity contribution is -0.155. The van der Waals surface area contributed by atoms with Gasteiger partial charge in [-0.1, -0.05) is 49.4 Å². The zero-order chi connectivity index (χ0) is 20.5. The highest BCUT2D eigenvalue weighted by atomic mass is 35.5. The molecule has 7 nitrogen and oxygen atoms in total. The van der Waals surface area contributed by atoms with Gasteiger partial charge in [0.25, 0.3) is 5.91 Å². The molecule has 2 atom stereocenters. The third-order valence-corrected chi connectivity index (χ3v) is 5.09. The molecule has 8 heteroatoms. The molecule has 0 aliphatic heterocycles. The van der Waals surface area contributed by atoms with E-state index >= 15 is 0 Å². The third kappa shape index (κ3) is 7.38. The van der Waals surface area contributed by atoms with Crippen molar-refractivity contribution in [3.05, 3.63) is 34.9 Å². The molecule has 0 unspecified atom stereocenters. The quantitative estimate of drug-likeness (QED) is 0.474. The van der Waals surface area contributed by atoms with E-state index in [-0.39, 0.29) is 18.4 Å². The Morgan fingerprint density at radius 1 is 1.14 bits per heavy atom. The molecule has 0 radical (unpaired) electrons. The van der Waals surface area contributed by atoms with Crippen molar-refractivity contribution in [3.63, 3.8) is 0 Å². The van der Waals surface area contributed by atoms with Gasteiger partial charge in [0.2, 0.25) is 0 Å². The van der Waals surface area contributed by atoms with Crippen LogP contribution in [0.4, 0.5) is 4.79 Å². The third-order valence-electron chi connectivity index (χ3n) is 4.84. The Hall–Kier alpha value is -2.28. The first-order valence-corrected chi connectivity index (χ1v) is 10.0. The normalized spacial score (nSPS) is 17.1. The predicted molar refractivity (Wildman–Crippen MR) is 107 cm³/mol. The summed E-state index contributed by atoms with van der Waals surface area (Å²) < 4.78 is 5.27. The Morgan fingerprint density at radius 3 is 2.32 bits per heavy atom. The number of carbonyl (C=O) groups is 3. The molecule has 0 saturated heterocycles. The average Bonchev–Trinajstić information content (AvgIpc) is 2.90. The molecule has 1 aromatic carbocycles. The summed E-state index contributed by atoms with van der Waals surface area (Å²) in [7, 11) is 0. The number of ether oxygens (including phenoxy) is 1. The molecule has 154 valence electrons. The zero-order valence-corrected chi connectivity index (χ0v) is 16.8. The fraction of sp³-hybridized carbons (Fsp3) is 0.550. The highest BCUT2D eigenvalue weighted by molar-refractivity contribution is 6.30. The topological polar surface area (TPSA) is 111 Å². The van der Waals surface area contributed by atoms with Gasteiger partial charge >= 0.3 is 12.0 Å². The Bertz CT molecular complexity index is 673. The predicted octanol–water partition coefficient (Wildman–Crippen LogP) is 3.21. The zero-order valence-electron chi connectivity index (χ0n) is 16.1. The smallest absolute Gasteiger partial charge is 0.312 e. The van der Waals surface area contributed by atoms with Gasteiger partial charge in [-0.15, -0.1) is 0 Å². The van der Waals surface area contributed by atoms with Crippen LogP contribution in [0.2, 0.25) is 5.02 Å². The number of hydrogen-bond donors (Lipinski definition) is 3. The average molecular weight is 410 g/mol. The molecule has 0 heterocycles. The number of nitrogens with one attached hydrogen (secondary N) is 2. The minimum absolute atomic E-state index is 0.134.